The van der Waals surface area contributed by atoms with Crippen LogP contribution in [0, 0.1) is 11.6 Å². The molecule has 2 aromatic carbocycles. The topological polar surface area (TPSA) is 248 Å². The molecule has 6 N–H and O–H groups in total. The third kappa shape index (κ3) is 12.7. The Balaban J connectivity index is 0.000000192. The number of pyridine rings is 2. The number of urea groups is 1. The number of likely N-dealkylation sites (N-methyl/N-ethyl adjacent to an activating group) is 2. The quantitative estimate of drug-likeness (QED) is 0.108. The minimum Gasteiger partial charge on any atom is -0.481 e. The second kappa shape index (κ2) is 22.1. The number of benzene rings is 2. The Morgan fingerprint density at radius 1 is 0.706 bits per heavy atom. The SMILES string of the molecule is CN(C)CCn1ccc(S(N)(=O)=O)n1.COc1cc(-c2cc(F)c3c(c2N)CCC3)ccn1.COc1cc(-c2cc(F)c3c(c2NC(=O)NS(=O)(=O)c2ccn(CCN(C)C)n2)CCC3)ccn1. The second-order valence-electron chi connectivity index (χ2n) is 16.4. The van der Waals surface area contributed by atoms with Crippen molar-refractivity contribution in [1.82, 2.24) is 44.1 Å². The van der Waals surface area contributed by atoms with Crippen molar-refractivity contribution in [1.29, 1.82) is 0 Å². The fourth-order valence-electron chi connectivity index (χ4n) is 7.63. The van der Waals surface area contributed by atoms with E-state index in [1.165, 1.54) is 48.5 Å². The van der Waals surface area contributed by atoms with Gasteiger partial charge in [0.1, 0.15) is 11.6 Å². The summed E-state index contributed by atoms with van der Waals surface area (Å²) in [6.07, 6.45) is 10.7. The molecule has 8 rings (SSSR count). The summed E-state index contributed by atoms with van der Waals surface area (Å²) in [6.45, 7) is 2.61. The Morgan fingerprint density at radius 3 is 1.69 bits per heavy atom. The van der Waals surface area contributed by atoms with Gasteiger partial charge >= 0.3 is 6.03 Å². The highest BCUT2D eigenvalue weighted by atomic mass is 32.2. The number of nitrogens with zero attached hydrogens (tertiary/aromatic N) is 8. The molecule has 23 heteroatoms. The number of carbonyl (C=O) groups is 1. The van der Waals surface area contributed by atoms with Gasteiger partial charge in [0.2, 0.25) is 11.8 Å². The van der Waals surface area contributed by atoms with Crippen molar-refractivity contribution in [3.63, 3.8) is 0 Å². The van der Waals surface area contributed by atoms with Crippen molar-refractivity contribution < 1.29 is 39.9 Å². The zero-order chi connectivity index (χ0) is 49.3. The van der Waals surface area contributed by atoms with Gasteiger partial charge in [-0.05, 0) is 136 Å². The average Bonchev–Trinajstić information content (AvgIpc) is 4.15. The summed E-state index contributed by atoms with van der Waals surface area (Å²) in [6, 6.07) is 11.5. The van der Waals surface area contributed by atoms with E-state index in [9.17, 15) is 30.4 Å². The van der Waals surface area contributed by atoms with E-state index in [-0.39, 0.29) is 21.7 Å². The molecule has 0 aliphatic heterocycles. The number of methoxy groups -OCH3 is 2. The number of hydrogen-bond acceptors (Lipinski definition) is 14. The lowest BCUT2D eigenvalue weighted by atomic mass is 9.97. The van der Waals surface area contributed by atoms with Gasteiger partial charge in [0.25, 0.3) is 20.0 Å². The highest BCUT2D eigenvalue weighted by molar-refractivity contribution is 7.90. The van der Waals surface area contributed by atoms with Gasteiger partial charge < -0.3 is 30.3 Å². The number of amides is 2. The number of ether oxygens (including phenoxy) is 2. The highest BCUT2D eigenvalue weighted by Crippen LogP contribution is 2.40. The summed E-state index contributed by atoms with van der Waals surface area (Å²) in [5.41, 5.74) is 12.7. The lowest BCUT2D eigenvalue weighted by Crippen LogP contribution is -2.35. The number of nitrogen functional groups attached to an aromatic ring is 1. The van der Waals surface area contributed by atoms with Crippen LogP contribution < -0.4 is 30.4 Å². The number of anilines is 2. The van der Waals surface area contributed by atoms with Crippen LogP contribution in [0.5, 0.6) is 11.8 Å². The van der Waals surface area contributed by atoms with E-state index in [4.69, 9.17) is 20.3 Å². The molecule has 0 spiro atoms. The maximum Gasteiger partial charge on any atom is 0.333 e. The van der Waals surface area contributed by atoms with Crippen LogP contribution in [0.4, 0.5) is 25.0 Å². The molecule has 6 aromatic rings. The fraction of sp³-hybridized carbons (Fsp3) is 0.356. The Labute approximate surface area is 394 Å². The summed E-state index contributed by atoms with van der Waals surface area (Å²) in [4.78, 5) is 24.9. The molecule has 68 heavy (non-hydrogen) atoms. The summed E-state index contributed by atoms with van der Waals surface area (Å²) in [5, 5.41) is 15.1. The van der Waals surface area contributed by atoms with Crippen molar-refractivity contribution in [3.8, 4) is 34.0 Å². The molecule has 0 bridgehead atoms. The van der Waals surface area contributed by atoms with Crippen LogP contribution in [0.3, 0.4) is 0 Å². The normalized spacial score (nSPS) is 13.0. The third-order valence-corrected chi connectivity index (χ3v) is 13.1. The number of fused-ring (bicyclic) bond motifs is 2. The number of carbonyl (C=O) groups excluding carboxylic acids is 1. The molecule has 4 heterocycles. The van der Waals surface area contributed by atoms with Gasteiger partial charge in [-0.25, -0.2) is 41.8 Å². The number of hydrogen-bond donors (Lipinski definition) is 4. The van der Waals surface area contributed by atoms with Crippen LogP contribution in [0.1, 0.15) is 35.1 Å². The van der Waals surface area contributed by atoms with Gasteiger partial charge in [-0.15, -0.1) is 0 Å². The summed E-state index contributed by atoms with van der Waals surface area (Å²) >= 11 is 0. The van der Waals surface area contributed by atoms with Gasteiger partial charge in [0.15, 0.2) is 10.1 Å². The maximum atomic E-state index is 14.9. The third-order valence-electron chi connectivity index (χ3n) is 11.1. The zero-order valence-corrected chi connectivity index (χ0v) is 40.3. The van der Waals surface area contributed by atoms with Crippen molar-refractivity contribution in [2.75, 3.05) is 66.6 Å². The highest BCUT2D eigenvalue weighted by Gasteiger charge is 2.27. The summed E-state index contributed by atoms with van der Waals surface area (Å²) in [5.74, 6) is 0.293. The number of rotatable bonds is 14. The Bertz CT molecular complexity index is 2980. The van der Waals surface area contributed by atoms with E-state index in [2.05, 4.69) is 25.5 Å². The van der Waals surface area contributed by atoms with Gasteiger partial charge in [-0.1, -0.05) is 0 Å². The van der Waals surface area contributed by atoms with Gasteiger partial charge in [0, 0.05) is 66.8 Å². The number of halogens is 2. The van der Waals surface area contributed by atoms with E-state index in [0.717, 1.165) is 54.5 Å². The van der Waals surface area contributed by atoms with Gasteiger partial charge in [-0.3, -0.25) is 9.36 Å². The number of nitrogens with one attached hydrogen (secondary N) is 2. The number of nitrogens with two attached hydrogens (primary N) is 2. The monoisotopic (exact) mass is 978 g/mol. The van der Waals surface area contributed by atoms with Crippen molar-refractivity contribution >= 4 is 37.5 Å². The van der Waals surface area contributed by atoms with Crippen LogP contribution in [0.15, 0.2) is 83.4 Å². The first-order valence-corrected chi connectivity index (χ1v) is 24.5. The zero-order valence-electron chi connectivity index (χ0n) is 38.7. The Hall–Kier alpha value is -6.53. The van der Waals surface area contributed by atoms with Crippen LogP contribution in [0.25, 0.3) is 22.3 Å². The predicted octanol–water partition coefficient (Wildman–Crippen LogP) is 4.71. The largest absolute Gasteiger partial charge is 0.481 e. The van der Waals surface area contributed by atoms with Crippen molar-refractivity contribution in [2.45, 2.75) is 61.7 Å². The fourth-order valence-corrected chi connectivity index (χ4v) is 8.95. The van der Waals surface area contributed by atoms with Crippen LogP contribution in [-0.2, 0) is 58.8 Å². The number of primary sulfonamides is 1. The first kappa shape index (κ1) is 50.9. The Kier molecular flexibility index (Phi) is 16.5. The molecule has 2 amide bonds. The standard InChI is InChI=1S/C23H27FN6O4S.C15H15FN2O.C7H14N4O2S/c1-29(2)11-12-30-10-8-21(27-30)35(32,33)28-23(31)26-22-17-6-4-5-16(17)19(24)14-18(22)15-7-9-25-20(13-15)34-3;1-19-14-7-9(5-6-18-14)12-8-13(16)10-3-2-4-11(10)15(12)17;1-10(2)5-6-11-4-3-7(9-11)14(8,12)13/h7-10,13-14H,4-6,11-12H2,1-3H3,(H2,26,28,31);5-8H,2-4,17H2,1H3;3-4H,5-6H2,1-2H3,(H2,8,12,13). The summed E-state index contributed by atoms with van der Waals surface area (Å²) in [7, 11) is 2.80. The molecule has 0 fully saturated rings. The molecule has 4 aromatic heterocycles. The first-order valence-electron chi connectivity index (χ1n) is 21.5. The lowest BCUT2D eigenvalue weighted by molar-refractivity contribution is 0.256. The molecular formula is C45H56F2N12O7S2. The van der Waals surface area contributed by atoms with E-state index < -0.39 is 26.1 Å². The van der Waals surface area contributed by atoms with Crippen molar-refractivity contribution in [2.24, 2.45) is 5.14 Å². The maximum absolute atomic E-state index is 14.9. The minimum atomic E-state index is -4.22. The molecule has 0 saturated carbocycles. The Morgan fingerprint density at radius 2 is 1.18 bits per heavy atom. The van der Waals surface area contributed by atoms with E-state index in [0.29, 0.717) is 77.9 Å². The predicted molar refractivity (Wildman–Crippen MR) is 253 cm³/mol. The second-order valence-corrected chi connectivity index (χ2v) is 19.6. The molecule has 2 aliphatic rings. The van der Waals surface area contributed by atoms with Gasteiger partial charge in [0.05, 0.1) is 33.0 Å². The number of sulfonamides is 2. The first-order chi connectivity index (χ1) is 32.3. The molecule has 0 radical (unpaired) electrons. The van der Waals surface area contributed by atoms with E-state index in [1.54, 1.807) is 42.4 Å². The minimum absolute atomic E-state index is 0.0868. The molecular weight excluding hydrogens is 923 g/mol. The molecule has 364 valence electrons. The van der Waals surface area contributed by atoms with Crippen LogP contribution in [0.2, 0.25) is 0 Å². The van der Waals surface area contributed by atoms with Crippen LogP contribution in [-0.4, -0.2) is 118 Å². The number of aromatic nitrogens is 6. The van der Waals surface area contributed by atoms with E-state index in [1.807, 2.05) is 48.8 Å². The average molecular weight is 979 g/mol. The van der Waals surface area contributed by atoms with E-state index >= 15 is 0 Å². The molecule has 2 aliphatic carbocycles. The van der Waals surface area contributed by atoms with Gasteiger partial charge in [-0.2, -0.15) is 18.6 Å². The summed E-state index contributed by atoms with van der Waals surface area (Å²) < 4.78 is 91.6. The molecule has 0 atom stereocenters. The lowest BCUT2D eigenvalue weighted by Gasteiger charge is -2.17. The molecule has 0 saturated heterocycles. The molecule has 19 nitrogen and oxygen atoms in total. The van der Waals surface area contributed by atoms with Crippen molar-refractivity contribution in [3.05, 3.63) is 107 Å². The smallest absolute Gasteiger partial charge is 0.333 e. The van der Waals surface area contributed by atoms with Crippen LogP contribution >= 0.6 is 0 Å². The molecule has 0 unspecified atom stereocenters.